The van der Waals surface area contributed by atoms with Gasteiger partial charge < -0.3 is 10.2 Å². The molecule has 0 radical (unpaired) electrons. The zero-order valence-electron chi connectivity index (χ0n) is 13.9. The molecular weight excluding hydrogens is 368 g/mol. The number of hydrogen-bond donors (Lipinski definition) is 1. The first-order valence-corrected chi connectivity index (χ1v) is 8.76. The van der Waals surface area contributed by atoms with E-state index in [9.17, 15) is 9.59 Å². The highest BCUT2D eigenvalue weighted by atomic mass is 79.9. The van der Waals surface area contributed by atoms with E-state index < -0.39 is 0 Å². The van der Waals surface area contributed by atoms with E-state index in [4.69, 9.17) is 0 Å². The van der Waals surface area contributed by atoms with Crippen LogP contribution >= 0.6 is 15.9 Å². The Balaban J connectivity index is 2.04. The molecule has 0 spiro atoms. The van der Waals surface area contributed by atoms with E-state index in [2.05, 4.69) is 21.2 Å². The van der Waals surface area contributed by atoms with Gasteiger partial charge in [-0.2, -0.15) is 0 Å². The van der Waals surface area contributed by atoms with Crippen molar-refractivity contribution >= 4 is 33.4 Å². The van der Waals surface area contributed by atoms with Crippen LogP contribution in [0.25, 0.3) is 0 Å². The van der Waals surface area contributed by atoms with Crippen LogP contribution in [0.5, 0.6) is 0 Å². The van der Waals surface area contributed by atoms with Crippen LogP contribution in [0.2, 0.25) is 0 Å². The summed E-state index contributed by atoms with van der Waals surface area (Å²) in [5.41, 5.74) is 2.15. The Hall–Kier alpha value is -2.14. The van der Waals surface area contributed by atoms with Gasteiger partial charge in [-0.3, -0.25) is 9.59 Å². The Morgan fingerprint density at radius 2 is 1.71 bits per heavy atom. The van der Waals surface area contributed by atoms with Crippen LogP contribution in [-0.2, 0) is 11.2 Å². The summed E-state index contributed by atoms with van der Waals surface area (Å²) in [6, 6.07) is 14.7. The molecule has 2 amide bonds. The van der Waals surface area contributed by atoms with E-state index in [0.29, 0.717) is 30.8 Å². The molecule has 0 atom stereocenters. The quantitative estimate of drug-likeness (QED) is 0.808. The summed E-state index contributed by atoms with van der Waals surface area (Å²) in [7, 11) is 0. The molecule has 0 saturated carbocycles. The Bertz CT molecular complexity index is 710. The predicted molar refractivity (Wildman–Crippen MR) is 100 cm³/mol. The lowest BCUT2D eigenvalue weighted by atomic mass is 10.1. The lowest BCUT2D eigenvalue weighted by Crippen LogP contribution is -2.30. The molecule has 0 unspecified atom stereocenters. The molecule has 0 saturated heterocycles. The number of benzene rings is 2. The first-order chi connectivity index (χ1) is 11.5. The Morgan fingerprint density at radius 1 is 1.04 bits per heavy atom. The third-order valence-corrected chi connectivity index (χ3v) is 4.25. The van der Waals surface area contributed by atoms with E-state index in [-0.39, 0.29) is 11.8 Å². The number of carbonyl (C=O) groups excluding carboxylic acids is 2. The van der Waals surface area contributed by atoms with Crippen molar-refractivity contribution < 1.29 is 9.59 Å². The lowest BCUT2D eigenvalue weighted by Gasteiger charge is -2.19. The molecule has 0 aliphatic rings. The lowest BCUT2D eigenvalue weighted by molar-refractivity contribution is -0.115. The third kappa shape index (κ3) is 4.93. The summed E-state index contributed by atoms with van der Waals surface area (Å²) in [6.45, 7) is 5.22. The molecule has 0 aliphatic carbocycles. The zero-order chi connectivity index (χ0) is 17.5. The van der Waals surface area contributed by atoms with E-state index in [0.717, 1.165) is 10.0 Å². The third-order valence-electron chi connectivity index (χ3n) is 3.72. The highest BCUT2D eigenvalue weighted by Gasteiger charge is 2.13. The first-order valence-electron chi connectivity index (χ1n) is 7.97. The fraction of sp³-hybridized carbons (Fsp3) is 0.263. The maximum absolute atomic E-state index is 12.4. The number of nitrogens with one attached hydrogen (secondary N) is 1. The molecule has 2 rings (SSSR count). The Morgan fingerprint density at radius 3 is 2.33 bits per heavy atom. The van der Waals surface area contributed by atoms with Crippen LogP contribution < -0.4 is 5.32 Å². The summed E-state index contributed by atoms with van der Waals surface area (Å²) in [4.78, 5) is 26.3. The molecule has 2 aromatic rings. The van der Waals surface area contributed by atoms with Gasteiger partial charge in [0.15, 0.2) is 0 Å². The van der Waals surface area contributed by atoms with Crippen molar-refractivity contribution in [1.29, 1.82) is 0 Å². The van der Waals surface area contributed by atoms with Crippen molar-refractivity contribution in [3.8, 4) is 0 Å². The number of carbonyl (C=O) groups is 2. The van der Waals surface area contributed by atoms with Crippen LogP contribution in [0.1, 0.15) is 29.8 Å². The average molecular weight is 389 g/mol. The SMILES string of the molecule is CCN(CC)C(=O)c1cccc(NC(=O)Cc2ccc(Br)cc2)c1. The molecule has 126 valence electrons. The summed E-state index contributed by atoms with van der Waals surface area (Å²) < 4.78 is 0.981. The number of halogens is 1. The minimum absolute atomic E-state index is 0.0241. The second-order valence-corrected chi connectivity index (χ2v) is 6.33. The average Bonchev–Trinajstić information content (AvgIpc) is 2.58. The van der Waals surface area contributed by atoms with Crippen molar-refractivity contribution in [3.05, 3.63) is 64.1 Å². The highest BCUT2D eigenvalue weighted by Crippen LogP contribution is 2.15. The van der Waals surface area contributed by atoms with E-state index in [1.807, 2.05) is 38.1 Å². The molecule has 0 heterocycles. The molecule has 0 bridgehead atoms. The van der Waals surface area contributed by atoms with Gasteiger partial charge in [-0.05, 0) is 49.7 Å². The molecule has 24 heavy (non-hydrogen) atoms. The summed E-state index contributed by atoms with van der Waals surface area (Å²) in [5.74, 6) is -0.131. The zero-order valence-corrected chi connectivity index (χ0v) is 15.5. The van der Waals surface area contributed by atoms with Crippen LogP contribution in [0.4, 0.5) is 5.69 Å². The number of nitrogens with zero attached hydrogens (tertiary/aromatic N) is 1. The number of anilines is 1. The molecule has 2 aromatic carbocycles. The largest absolute Gasteiger partial charge is 0.339 e. The van der Waals surface area contributed by atoms with Gasteiger partial charge in [-0.1, -0.05) is 34.1 Å². The Kier molecular flexibility index (Phi) is 6.55. The van der Waals surface area contributed by atoms with Crippen molar-refractivity contribution in [2.75, 3.05) is 18.4 Å². The second-order valence-electron chi connectivity index (χ2n) is 5.41. The predicted octanol–water partition coefficient (Wildman–Crippen LogP) is 4.11. The van der Waals surface area contributed by atoms with Crippen molar-refractivity contribution in [3.63, 3.8) is 0 Å². The van der Waals surface area contributed by atoms with Crippen LogP contribution in [-0.4, -0.2) is 29.8 Å². The summed E-state index contributed by atoms with van der Waals surface area (Å²) >= 11 is 3.37. The van der Waals surface area contributed by atoms with Gasteiger partial charge in [0.25, 0.3) is 5.91 Å². The van der Waals surface area contributed by atoms with Gasteiger partial charge in [-0.15, -0.1) is 0 Å². The monoisotopic (exact) mass is 388 g/mol. The maximum atomic E-state index is 12.4. The first kappa shape index (κ1) is 18.2. The van der Waals surface area contributed by atoms with Gasteiger partial charge in [0.1, 0.15) is 0 Å². The van der Waals surface area contributed by atoms with Crippen molar-refractivity contribution in [2.24, 2.45) is 0 Å². The normalized spacial score (nSPS) is 10.3. The van der Waals surface area contributed by atoms with Gasteiger partial charge in [0, 0.05) is 28.8 Å². The van der Waals surface area contributed by atoms with E-state index >= 15 is 0 Å². The summed E-state index contributed by atoms with van der Waals surface area (Å²) in [5, 5.41) is 2.85. The molecule has 0 aliphatic heterocycles. The Labute approximate surface area is 151 Å². The van der Waals surface area contributed by atoms with Gasteiger partial charge >= 0.3 is 0 Å². The van der Waals surface area contributed by atoms with Crippen molar-refractivity contribution in [2.45, 2.75) is 20.3 Å². The minimum Gasteiger partial charge on any atom is -0.339 e. The topological polar surface area (TPSA) is 49.4 Å². The highest BCUT2D eigenvalue weighted by molar-refractivity contribution is 9.10. The van der Waals surface area contributed by atoms with Gasteiger partial charge in [-0.25, -0.2) is 0 Å². The summed E-state index contributed by atoms with van der Waals surface area (Å²) in [6.07, 6.45) is 0.293. The van der Waals surface area contributed by atoms with Crippen LogP contribution in [0.15, 0.2) is 53.0 Å². The number of amides is 2. The smallest absolute Gasteiger partial charge is 0.253 e. The second kappa shape index (κ2) is 8.64. The minimum atomic E-state index is -0.107. The molecule has 4 nitrogen and oxygen atoms in total. The van der Waals surface area contributed by atoms with Crippen LogP contribution in [0.3, 0.4) is 0 Å². The molecule has 1 N–H and O–H groups in total. The molecule has 0 fully saturated rings. The number of hydrogen-bond acceptors (Lipinski definition) is 2. The standard InChI is InChI=1S/C19H21BrN2O2/c1-3-22(4-2)19(24)15-6-5-7-17(13-15)21-18(23)12-14-8-10-16(20)11-9-14/h5-11,13H,3-4,12H2,1-2H3,(H,21,23). The fourth-order valence-corrected chi connectivity index (χ4v) is 2.68. The van der Waals surface area contributed by atoms with Gasteiger partial charge in [0.05, 0.1) is 6.42 Å². The molecule has 5 heteroatoms. The maximum Gasteiger partial charge on any atom is 0.253 e. The van der Waals surface area contributed by atoms with Crippen molar-refractivity contribution in [1.82, 2.24) is 4.90 Å². The fourth-order valence-electron chi connectivity index (χ4n) is 2.42. The van der Waals surface area contributed by atoms with E-state index in [1.54, 1.807) is 29.2 Å². The molecular formula is C19H21BrN2O2. The van der Waals surface area contributed by atoms with Gasteiger partial charge in [0.2, 0.25) is 5.91 Å². The van der Waals surface area contributed by atoms with E-state index in [1.165, 1.54) is 0 Å². The molecule has 0 aromatic heterocycles. The number of rotatable bonds is 6. The van der Waals surface area contributed by atoms with Crippen LogP contribution in [0, 0.1) is 0 Å².